The van der Waals surface area contributed by atoms with E-state index in [1.54, 1.807) is 0 Å². The van der Waals surface area contributed by atoms with Gasteiger partial charge in [0, 0.05) is 11.3 Å². The molecule has 4 heteroatoms. The number of nitrogens with zero attached hydrogens (tertiary/aromatic N) is 2. The molecule has 0 radical (unpaired) electrons. The number of hydrogen-bond acceptors (Lipinski definition) is 3. The highest BCUT2D eigenvalue weighted by molar-refractivity contribution is 5.85. The molecule has 4 nitrogen and oxygen atoms in total. The number of carbonyl (C=O) groups is 1. The second-order valence-corrected chi connectivity index (χ2v) is 8.82. The van der Waals surface area contributed by atoms with E-state index in [-0.39, 0.29) is 11.3 Å². The first kappa shape index (κ1) is 17.9. The van der Waals surface area contributed by atoms with E-state index in [0.29, 0.717) is 12.3 Å². The molecule has 1 fully saturated rings. The molecule has 1 aliphatic heterocycles. The smallest absolute Gasteiger partial charge is 0.226 e. The van der Waals surface area contributed by atoms with Crippen LogP contribution in [0.4, 0.5) is 0 Å². The van der Waals surface area contributed by atoms with Gasteiger partial charge in [-0.3, -0.25) is 4.79 Å². The van der Waals surface area contributed by atoms with Crippen molar-refractivity contribution in [2.24, 2.45) is 21.6 Å². The van der Waals surface area contributed by atoms with Crippen LogP contribution in [0.1, 0.15) is 45.6 Å². The predicted molar refractivity (Wildman–Crippen MR) is 108 cm³/mol. The van der Waals surface area contributed by atoms with Crippen LogP contribution in [0.25, 0.3) is 10.8 Å². The van der Waals surface area contributed by atoms with E-state index in [4.69, 9.17) is 0 Å². The van der Waals surface area contributed by atoms with Crippen molar-refractivity contribution < 1.29 is 4.79 Å². The van der Waals surface area contributed by atoms with E-state index in [9.17, 15) is 4.79 Å². The van der Waals surface area contributed by atoms with Crippen LogP contribution in [0.3, 0.4) is 0 Å². The van der Waals surface area contributed by atoms with Crippen LogP contribution < -0.4 is 5.32 Å². The molecule has 1 atom stereocenters. The van der Waals surface area contributed by atoms with Crippen molar-refractivity contribution in [2.45, 2.75) is 52.1 Å². The van der Waals surface area contributed by atoms with E-state index in [1.807, 2.05) is 18.2 Å². The number of azo groups is 1. The standard InChI is InChI=1S/C23H27N3O/c1-22(2,3)23(15-20(25-26-23)18-9-6-10-18)24-21(27)14-16-11-12-17-7-4-5-8-19(17)13-16/h4-5,7-8,11-13,15,18H,6,9-10,14H2,1-3H3,(H,24,27). The summed E-state index contributed by atoms with van der Waals surface area (Å²) >= 11 is 0. The fourth-order valence-electron chi connectivity index (χ4n) is 3.72. The Kier molecular flexibility index (Phi) is 4.37. The molecule has 0 spiro atoms. The molecule has 1 N–H and O–H groups in total. The third-order valence-electron chi connectivity index (χ3n) is 5.86. The molecular formula is C23H27N3O. The van der Waals surface area contributed by atoms with Crippen molar-refractivity contribution in [3.8, 4) is 0 Å². The van der Waals surface area contributed by atoms with Gasteiger partial charge in [0.2, 0.25) is 5.91 Å². The normalized spacial score (nSPS) is 22.6. The Hall–Kier alpha value is -2.49. The number of nitrogens with one attached hydrogen (secondary N) is 1. The van der Waals surface area contributed by atoms with E-state index in [2.05, 4.69) is 66.7 Å². The summed E-state index contributed by atoms with van der Waals surface area (Å²) < 4.78 is 0. The lowest BCUT2D eigenvalue weighted by atomic mass is 9.77. The van der Waals surface area contributed by atoms with Crippen LogP contribution >= 0.6 is 0 Å². The first-order valence-electron chi connectivity index (χ1n) is 9.81. The van der Waals surface area contributed by atoms with Crippen LogP contribution in [0.2, 0.25) is 0 Å². The number of allylic oxidation sites excluding steroid dienone is 1. The minimum absolute atomic E-state index is 0.0229. The van der Waals surface area contributed by atoms with Gasteiger partial charge >= 0.3 is 0 Å². The van der Waals surface area contributed by atoms with Crippen LogP contribution in [-0.4, -0.2) is 11.6 Å². The molecular weight excluding hydrogens is 334 g/mol. The van der Waals surface area contributed by atoms with Crippen molar-refractivity contribution in [3.63, 3.8) is 0 Å². The topological polar surface area (TPSA) is 53.8 Å². The van der Waals surface area contributed by atoms with Crippen molar-refractivity contribution >= 4 is 16.7 Å². The molecule has 1 saturated carbocycles. The fraction of sp³-hybridized carbons (Fsp3) is 0.435. The average Bonchev–Trinajstić information content (AvgIpc) is 2.97. The van der Waals surface area contributed by atoms with Crippen molar-refractivity contribution in [1.29, 1.82) is 0 Å². The number of fused-ring (bicyclic) bond motifs is 1. The van der Waals surface area contributed by atoms with Crippen molar-refractivity contribution in [1.82, 2.24) is 5.32 Å². The molecule has 0 aromatic heterocycles. The monoisotopic (exact) mass is 361 g/mol. The highest BCUT2D eigenvalue weighted by Crippen LogP contribution is 2.43. The molecule has 4 rings (SSSR count). The van der Waals surface area contributed by atoms with Crippen LogP contribution in [0, 0.1) is 11.3 Å². The Labute approximate surface area is 160 Å². The summed E-state index contributed by atoms with van der Waals surface area (Å²) in [7, 11) is 0. The molecule has 27 heavy (non-hydrogen) atoms. The highest BCUT2D eigenvalue weighted by atomic mass is 16.1. The number of amides is 1. The van der Waals surface area contributed by atoms with Gasteiger partial charge < -0.3 is 5.32 Å². The number of rotatable bonds is 4. The summed E-state index contributed by atoms with van der Waals surface area (Å²) in [6.45, 7) is 6.30. The minimum Gasteiger partial charge on any atom is -0.326 e. The molecule has 1 amide bonds. The Morgan fingerprint density at radius 2 is 1.89 bits per heavy atom. The van der Waals surface area contributed by atoms with Gasteiger partial charge in [-0.2, -0.15) is 10.2 Å². The highest BCUT2D eigenvalue weighted by Gasteiger charge is 2.46. The molecule has 1 aliphatic carbocycles. The zero-order chi connectivity index (χ0) is 19.1. The van der Waals surface area contributed by atoms with Gasteiger partial charge in [0.05, 0.1) is 12.1 Å². The molecule has 1 heterocycles. The van der Waals surface area contributed by atoms with Gasteiger partial charge in [0.15, 0.2) is 5.66 Å². The summed E-state index contributed by atoms with van der Waals surface area (Å²) in [4.78, 5) is 12.9. The lowest BCUT2D eigenvalue weighted by Crippen LogP contribution is -2.54. The molecule has 2 aromatic carbocycles. The maximum atomic E-state index is 12.9. The van der Waals surface area contributed by atoms with E-state index < -0.39 is 5.66 Å². The van der Waals surface area contributed by atoms with E-state index >= 15 is 0 Å². The molecule has 140 valence electrons. The summed E-state index contributed by atoms with van der Waals surface area (Å²) in [5.74, 6) is 0.487. The molecule has 1 unspecified atom stereocenters. The lowest BCUT2D eigenvalue weighted by molar-refractivity contribution is -0.123. The summed E-state index contributed by atoms with van der Waals surface area (Å²) in [5, 5.41) is 14.5. The Balaban J connectivity index is 1.53. The fourth-order valence-corrected chi connectivity index (χ4v) is 3.72. The average molecular weight is 361 g/mol. The lowest BCUT2D eigenvalue weighted by Gasteiger charge is -2.37. The van der Waals surface area contributed by atoms with Gasteiger partial charge in [-0.15, -0.1) is 0 Å². The SMILES string of the molecule is CC(C)(C)C1(NC(=O)Cc2ccc3ccccc3c2)C=C(C2CCC2)N=N1. The van der Waals surface area contributed by atoms with Gasteiger partial charge in [-0.25, -0.2) is 0 Å². The Morgan fingerprint density at radius 1 is 1.15 bits per heavy atom. The third kappa shape index (κ3) is 3.41. The zero-order valence-electron chi connectivity index (χ0n) is 16.3. The Morgan fingerprint density at radius 3 is 2.56 bits per heavy atom. The summed E-state index contributed by atoms with van der Waals surface area (Å²) in [5.41, 5.74) is 1.04. The van der Waals surface area contributed by atoms with Crippen LogP contribution in [0.15, 0.2) is 64.5 Å². The van der Waals surface area contributed by atoms with E-state index in [0.717, 1.165) is 16.6 Å². The second kappa shape index (κ2) is 6.59. The minimum atomic E-state index is -0.758. The molecule has 0 bridgehead atoms. The van der Waals surface area contributed by atoms with Gasteiger partial charge in [-0.1, -0.05) is 69.7 Å². The maximum Gasteiger partial charge on any atom is 0.226 e. The van der Waals surface area contributed by atoms with Gasteiger partial charge in [0.1, 0.15) is 0 Å². The third-order valence-corrected chi connectivity index (χ3v) is 5.86. The van der Waals surface area contributed by atoms with Crippen molar-refractivity contribution in [2.75, 3.05) is 0 Å². The van der Waals surface area contributed by atoms with Gasteiger partial charge in [-0.05, 0) is 35.3 Å². The number of benzene rings is 2. The van der Waals surface area contributed by atoms with Crippen molar-refractivity contribution in [3.05, 3.63) is 59.8 Å². The van der Waals surface area contributed by atoms with Crippen LogP contribution in [-0.2, 0) is 11.2 Å². The van der Waals surface area contributed by atoms with Crippen LogP contribution in [0.5, 0.6) is 0 Å². The predicted octanol–water partition coefficient (Wildman–Crippen LogP) is 5.39. The quantitative estimate of drug-likeness (QED) is 0.780. The first-order valence-corrected chi connectivity index (χ1v) is 9.81. The molecule has 2 aliphatic rings. The largest absolute Gasteiger partial charge is 0.326 e. The summed E-state index contributed by atoms with van der Waals surface area (Å²) in [6.07, 6.45) is 6.04. The van der Waals surface area contributed by atoms with E-state index in [1.165, 1.54) is 24.6 Å². The number of hydrogen-bond donors (Lipinski definition) is 1. The van der Waals surface area contributed by atoms with Gasteiger partial charge in [0.25, 0.3) is 0 Å². The number of carbonyl (C=O) groups excluding carboxylic acids is 1. The maximum absolute atomic E-state index is 12.9. The second-order valence-electron chi connectivity index (χ2n) is 8.82. The Bertz CT molecular complexity index is 934. The molecule has 0 saturated heterocycles. The first-order chi connectivity index (χ1) is 12.9. The molecule has 2 aromatic rings. The summed E-state index contributed by atoms with van der Waals surface area (Å²) in [6, 6.07) is 14.4. The zero-order valence-corrected chi connectivity index (χ0v) is 16.3.